The van der Waals surface area contributed by atoms with Gasteiger partial charge in [-0.1, -0.05) is 15.9 Å². The summed E-state index contributed by atoms with van der Waals surface area (Å²) in [6.07, 6.45) is -4.78. The van der Waals surface area contributed by atoms with Gasteiger partial charge >= 0.3 is 6.36 Å². The minimum atomic E-state index is -4.78. The molecule has 0 radical (unpaired) electrons. The molecule has 0 saturated carbocycles. The zero-order chi connectivity index (χ0) is 12.3. The Hall–Kier alpha value is -0.790. The Bertz CT molecular complexity index is 370. The second-order valence-corrected chi connectivity index (χ2v) is 3.93. The molecule has 0 unspecified atom stereocenters. The summed E-state index contributed by atoms with van der Waals surface area (Å²) in [6, 6.07) is 2.99. The maximum atomic E-state index is 12.1. The average molecular weight is 300 g/mol. The van der Waals surface area contributed by atoms with E-state index in [1.54, 1.807) is 0 Å². The van der Waals surface area contributed by atoms with Crippen molar-refractivity contribution in [3.8, 4) is 5.75 Å². The van der Waals surface area contributed by atoms with E-state index in [1.165, 1.54) is 12.1 Å². The second kappa shape index (κ2) is 5.03. The summed E-state index contributed by atoms with van der Waals surface area (Å²) >= 11 is 3.10. The highest BCUT2D eigenvalue weighted by atomic mass is 79.9. The van der Waals surface area contributed by atoms with E-state index in [9.17, 15) is 13.2 Å². The fraction of sp³-hybridized carbons (Fsp3) is 0.333. The van der Waals surface area contributed by atoms with Gasteiger partial charge in [0.1, 0.15) is 5.75 Å². The molecule has 0 heterocycles. The zero-order valence-electron chi connectivity index (χ0n) is 7.96. The average Bonchev–Trinajstić information content (AvgIpc) is 2.17. The van der Waals surface area contributed by atoms with Crippen LogP contribution >= 0.6 is 15.9 Å². The number of aliphatic hydroxyl groups is 1. The fourth-order valence-corrected chi connectivity index (χ4v) is 1.50. The molecule has 0 fully saturated rings. The standard InChI is InChI=1S/C9H9BrF3NO2/c10-5-1-2-8(16-9(11,12)13)6(3-5)7(14)4-15/h1-3,7,15H,4,14H2/t7-/m1/s1. The molecule has 0 aliphatic rings. The van der Waals surface area contributed by atoms with Crippen molar-refractivity contribution in [1.82, 2.24) is 0 Å². The molecule has 16 heavy (non-hydrogen) atoms. The molecule has 1 atom stereocenters. The smallest absolute Gasteiger partial charge is 0.405 e. The Balaban J connectivity index is 3.07. The molecular weight excluding hydrogens is 291 g/mol. The molecule has 0 aliphatic heterocycles. The molecule has 0 aliphatic carbocycles. The third kappa shape index (κ3) is 3.66. The molecule has 90 valence electrons. The van der Waals surface area contributed by atoms with Crippen LogP contribution in [0.5, 0.6) is 5.75 Å². The number of halogens is 4. The van der Waals surface area contributed by atoms with Gasteiger partial charge in [0.25, 0.3) is 0 Å². The maximum absolute atomic E-state index is 12.1. The van der Waals surface area contributed by atoms with Crippen LogP contribution in [0.4, 0.5) is 13.2 Å². The van der Waals surface area contributed by atoms with E-state index in [-0.39, 0.29) is 5.56 Å². The highest BCUT2D eigenvalue weighted by Crippen LogP contribution is 2.31. The van der Waals surface area contributed by atoms with Crippen molar-refractivity contribution in [2.45, 2.75) is 12.4 Å². The van der Waals surface area contributed by atoms with Gasteiger partial charge in [-0.25, -0.2) is 0 Å². The summed E-state index contributed by atoms with van der Waals surface area (Å²) in [5, 5.41) is 8.82. The van der Waals surface area contributed by atoms with Gasteiger partial charge in [-0.05, 0) is 18.2 Å². The number of ether oxygens (including phenoxy) is 1. The first-order valence-corrected chi connectivity index (χ1v) is 5.04. The third-order valence-electron chi connectivity index (χ3n) is 1.79. The number of rotatable bonds is 3. The molecule has 0 aromatic heterocycles. The predicted octanol–water partition coefficient (Wildman–Crippen LogP) is 2.34. The minimum Gasteiger partial charge on any atom is -0.405 e. The number of aliphatic hydroxyl groups excluding tert-OH is 1. The molecule has 3 N–H and O–H groups in total. The van der Waals surface area contributed by atoms with Crippen LogP contribution in [-0.4, -0.2) is 18.1 Å². The first-order chi connectivity index (χ1) is 7.33. The third-order valence-corrected chi connectivity index (χ3v) is 2.29. The Morgan fingerprint density at radius 2 is 2.06 bits per heavy atom. The van der Waals surface area contributed by atoms with Crippen molar-refractivity contribution in [2.24, 2.45) is 5.73 Å². The van der Waals surface area contributed by atoms with E-state index in [1.807, 2.05) is 0 Å². The normalized spacial score (nSPS) is 13.6. The van der Waals surface area contributed by atoms with Crippen molar-refractivity contribution < 1.29 is 23.0 Å². The zero-order valence-corrected chi connectivity index (χ0v) is 9.55. The van der Waals surface area contributed by atoms with Gasteiger partial charge in [0.2, 0.25) is 0 Å². The summed E-state index contributed by atoms with van der Waals surface area (Å²) in [7, 11) is 0. The van der Waals surface area contributed by atoms with Crippen LogP contribution in [0.2, 0.25) is 0 Å². The summed E-state index contributed by atoms with van der Waals surface area (Å²) in [5.41, 5.74) is 5.56. The van der Waals surface area contributed by atoms with Crippen molar-refractivity contribution in [3.63, 3.8) is 0 Å². The van der Waals surface area contributed by atoms with Gasteiger partial charge in [-0.15, -0.1) is 13.2 Å². The molecule has 0 saturated heterocycles. The van der Waals surface area contributed by atoms with Crippen LogP contribution in [-0.2, 0) is 0 Å². The number of alkyl halides is 3. The van der Waals surface area contributed by atoms with Crippen LogP contribution in [0.15, 0.2) is 22.7 Å². The quantitative estimate of drug-likeness (QED) is 0.901. The van der Waals surface area contributed by atoms with Gasteiger partial charge in [-0.2, -0.15) is 0 Å². The molecular formula is C9H9BrF3NO2. The van der Waals surface area contributed by atoms with Gasteiger partial charge in [-0.3, -0.25) is 0 Å². The van der Waals surface area contributed by atoms with E-state index in [0.717, 1.165) is 6.07 Å². The fourth-order valence-electron chi connectivity index (χ4n) is 1.13. The first kappa shape index (κ1) is 13.3. The molecule has 1 aromatic rings. The van der Waals surface area contributed by atoms with E-state index < -0.39 is 24.8 Å². The molecule has 3 nitrogen and oxygen atoms in total. The highest BCUT2D eigenvalue weighted by Gasteiger charge is 2.32. The van der Waals surface area contributed by atoms with Crippen molar-refractivity contribution in [1.29, 1.82) is 0 Å². The van der Waals surface area contributed by atoms with E-state index >= 15 is 0 Å². The topological polar surface area (TPSA) is 55.5 Å². The molecule has 1 aromatic carbocycles. The largest absolute Gasteiger partial charge is 0.573 e. The molecule has 0 spiro atoms. The molecule has 7 heteroatoms. The van der Waals surface area contributed by atoms with E-state index in [4.69, 9.17) is 10.8 Å². The SMILES string of the molecule is N[C@H](CO)c1cc(Br)ccc1OC(F)(F)F. The highest BCUT2D eigenvalue weighted by molar-refractivity contribution is 9.10. The number of hydrogen-bond acceptors (Lipinski definition) is 3. The Kier molecular flexibility index (Phi) is 4.17. The predicted molar refractivity (Wildman–Crippen MR) is 54.8 cm³/mol. The van der Waals surface area contributed by atoms with Crippen LogP contribution < -0.4 is 10.5 Å². The lowest BCUT2D eigenvalue weighted by atomic mass is 10.1. The first-order valence-electron chi connectivity index (χ1n) is 4.25. The summed E-state index contributed by atoms with van der Waals surface area (Å²) in [5.74, 6) is -0.405. The lowest BCUT2D eigenvalue weighted by molar-refractivity contribution is -0.275. The van der Waals surface area contributed by atoms with Gasteiger partial charge < -0.3 is 15.6 Å². The Morgan fingerprint density at radius 1 is 1.44 bits per heavy atom. The lowest BCUT2D eigenvalue weighted by Crippen LogP contribution is -2.21. The number of hydrogen-bond donors (Lipinski definition) is 2. The van der Waals surface area contributed by atoms with Gasteiger partial charge in [0.05, 0.1) is 12.6 Å². The summed E-state index contributed by atoms with van der Waals surface area (Å²) < 4.78 is 40.5. The van der Waals surface area contributed by atoms with Gasteiger partial charge in [0, 0.05) is 10.0 Å². The van der Waals surface area contributed by atoms with Gasteiger partial charge in [0.15, 0.2) is 0 Å². The van der Waals surface area contributed by atoms with Crippen molar-refractivity contribution in [3.05, 3.63) is 28.2 Å². The Labute approximate surface area is 98.1 Å². The van der Waals surface area contributed by atoms with Crippen LogP contribution in [0, 0.1) is 0 Å². The molecule has 0 amide bonds. The lowest BCUT2D eigenvalue weighted by Gasteiger charge is -2.16. The van der Waals surface area contributed by atoms with Crippen LogP contribution in [0.1, 0.15) is 11.6 Å². The van der Waals surface area contributed by atoms with Crippen molar-refractivity contribution in [2.75, 3.05) is 6.61 Å². The molecule has 1 rings (SSSR count). The van der Waals surface area contributed by atoms with E-state index in [2.05, 4.69) is 20.7 Å². The van der Waals surface area contributed by atoms with E-state index in [0.29, 0.717) is 4.47 Å². The summed E-state index contributed by atoms with van der Waals surface area (Å²) in [6.45, 7) is -0.468. The Morgan fingerprint density at radius 3 is 2.56 bits per heavy atom. The summed E-state index contributed by atoms with van der Waals surface area (Å²) in [4.78, 5) is 0. The van der Waals surface area contributed by atoms with Crippen LogP contribution in [0.25, 0.3) is 0 Å². The maximum Gasteiger partial charge on any atom is 0.573 e. The second-order valence-electron chi connectivity index (χ2n) is 3.02. The number of benzene rings is 1. The minimum absolute atomic E-state index is 0.0919. The molecule has 0 bridgehead atoms. The number of nitrogens with two attached hydrogens (primary N) is 1. The van der Waals surface area contributed by atoms with Crippen LogP contribution in [0.3, 0.4) is 0 Å². The van der Waals surface area contributed by atoms with Crippen molar-refractivity contribution >= 4 is 15.9 Å². The monoisotopic (exact) mass is 299 g/mol.